The highest BCUT2D eigenvalue weighted by Crippen LogP contribution is 2.03. The van der Waals surface area contributed by atoms with Gasteiger partial charge in [0.1, 0.15) is 0 Å². The summed E-state index contributed by atoms with van der Waals surface area (Å²) in [6.45, 7) is 8.07. The van der Waals surface area contributed by atoms with Crippen LogP contribution in [0.1, 0.15) is 39.5 Å². The highest BCUT2D eigenvalue weighted by molar-refractivity contribution is 7.80. The Labute approximate surface area is 116 Å². The molecular formula is C13H25N3OS. The molecule has 0 saturated carbocycles. The van der Waals surface area contributed by atoms with Gasteiger partial charge in [0.05, 0.1) is 0 Å². The normalized spacial score (nSPS) is 15.7. The standard InChI is InChI=1S/C13H25N3OS/c1-3-4-5-6-7-14-13(18)16-10-8-15(9-11-16)12(2)17/h3-11H2,1-2H3,(H,14,18). The van der Waals surface area contributed by atoms with Crippen LogP contribution in [0.4, 0.5) is 0 Å². The van der Waals surface area contributed by atoms with Gasteiger partial charge in [0, 0.05) is 39.6 Å². The van der Waals surface area contributed by atoms with Crippen molar-refractivity contribution in [2.24, 2.45) is 0 Å². The maximum Gasteiger partial charge on any atom is 0.219 e. The van der Waals surface area contributed by atoms with Crippen molar-refractivity contribution in [3.8, 4) is 0 Å². The Morgan fingerprint density at radius 2 is 1.72 bits per heavy atom. The first-order valence-electron chi connectivity index (χ1n) is 6.93. The fourth-order valence-electron chi connectivity index (χ4n) is 2.08. The highest BCUT2D eigenvalue weighted by atomic mass is 32.1. The van der Waals surface area contributed by atoms with Crippen molar-refractivity contribution in [2.75, 3.05) is 32.7 Å². The van der Waals surface area contributed by atoms with Gasteiger partial charge in [-0.15, -0.1) is 0 Å². The Morgan fingerprint density at radius 1 is 1.11 bits per heavy atom. The smallest absolute Gasteiger partial charge is 0.219 e. The maximum atomic E-state index is 11.2. The number of rotatable bonds is 5. The van der Waals surface area contributed by atoms with Gasteiger partial charge in [-0.1, -0.05) is 26.2 Å². The number of amides is 1. The van der Waals surface area contributed by atoms with Gasteiger partial charge in [-0.3, -0.25) is 4.79 Å². The summed E-state index contributed by atoms with van der Waals surface area (Å²) in [6.07, 6.45) is 5.01. The summed E-state index contributed by atoms with van der Waals surface area (Å²) in [7, 11) is 0. The quantitative estimate of drug-likeness (QED) is 0.609. The van der Waals surface area contributed by atoms with Crippen LogP contribution in [0, 0.1) is 0 Å². The van der Waals surface area contributed by atoms with E-state index in [1.54, 1.807) is 6.92 Å². The van der Waals surface area contributed by atoms with Crippen molar-refractivity contribution in [3.63, 3.8) is 0 Å². The zero-order valence-corrected chi connectivity index (χ0v) is 12.4. The summed E-state index contributed by atoms with van der Waals surface area (Å²) in [6, 6.07) is 0. The Kier molecular flexibility index (Phi) is 7.01. The van der Waals surface area contributed by atoms with Crippen molar-refractivity contribution in [2.45, 2.75) is 39.5 Å². The molecule has 1 N–H and O–H groups in total. The number of hydrogen-bond donors (Lipinski definition) is 1. The third-order valence-electron chi connectivity index (χ3n) is 3.32. The molecule has 1 heterocycles. The first-order valence-corrected chi connectivity index (χ1v) is 7.34. The summed E-state index contributed by atoms with van der Waals surface area (Å²) >= 11 is 5.37. The first kappa shape index (κ1) is 15.2. The predicted molar refractivity (Wildman–Crippen MR) is 78.6 cm³/mol. The number of nitrogens with one attached hydrogen (secondary N) is 1. The van der Waals surface area contributed by atoms with Crippen molar-refractivity contribution in [1.82, 2.24) is 15.1 Å². The number of carbonyl (C=O) groups excluding carboxylic acids is 1. The van der Waals surface area contributed by atoms with Gasteiger partial charge in [0.15, 0.2) is 5.11 Å². The lowest BCUT2D eigenvalue weighted by molar-refractivity contribution is -0.130. The lowest BCUT2D eigenvalue weighted by atomic mass is 10.2. The Hall–Kier alpha value is -0.840. The van der Waals surface area contributed by atoms with E-state index in [0.717, 1.165) is 37.8 Å². The predicted octanol–water partition coefficient (Wildman–Crippen LogP) is 1.61. The van der Waals surface area contributed by atoms with Crippen molar-refractivity contribution >= 4 is 23.2 Å². The molecule has 1 rings (SSSR count). The molecule has 0 atom stereocenters. The van der Waals surface area contributed by atoms with Gasteiger partial charge >= 0.3 is 0 Å². The molecule has 0 spiro atoms. The molecular weight excluding hydrogens is 246 g/mol. The zero-order chi connectivity index (χ0) is 13.4. The van der Waals surface area contributed by atoms with Gasteiger partial charge in [0.2, 0.25) is 5.91 Å². The molecule has 4 nitrogen and oxygen atoms in total. The molecule has 18 heavy (non-hydrogen) atoms. The Morgan fingerprint density at radius 3 is 2.28 bits per heavy atom. The van der Waals surface area contributed by atoms with Crippen LogP contribution in [-0.2, 0) is 4.79 Å². The molecule has 0 aromatic carbocycles. The number of piperazine rings is 1. The number of carbonyl (C=O) groups is 1. The number of nitrogens with zero attached hydrogens (tertiary/aromatic N) is 2. The molecule has 1 amide bonds. The first-order chi connectivity index (χ1) is 8.65. The van der Waals surface area contributed by atoms with E-state index in [1.807, 2.05) is 4.90 Å². The second kappa shape index (κ2) is 8.29. The van der Waals surface area contributed by atoms with Crippen molar-refractivity contribution < 1.29 is 4.79 Å². The molecule has 1 aliphatic heterocycles. The second-order valence-electron chi connectivity index (χ2n) is 4.79. The molecule has 0 radical (unpaired) electrons. The summed E-state index contributed by atoms with van der Waals surface area (Å²) in [5.41, 5.74) is 0. The van der Waals surface area contributed by atoms with E-state index in [1.165, 1.54) is 25.7 Å². The topological polar surface area (TPSA) is 35.6 Å². The Balaban J connectivity index is 2.14. The highest BCUT2D eigenvalue weighted by Gasteiger charge is 2.19. The van der Waals surface area contributed by atoms with Gasteiger partial charge in [-0.25, -0.2) is 0 Å². The summed E-state index contributed by atoms with van der Waals surface area (Å²) < 4.78 is 0. The second-order valence-corrected chi connectivity index (χ2v) is 5.17. The van der Waals surface area contributed by atoms with Gasteiger partial charge in [-0.2, -0.15) is 0 Å². The number of hydrogen-bond acceptors (Lipinski definition) is 2. The largest absolute Gasteiger partial charge is 0.363 e. The molecule has 0 bridgehead atoms. The average molecular weight is 271 g/mol. The number of unbranched alkanes of at least 4 members (excludes halogenated alkanes) is 3. The lowest BCUT2D eigenvalue weighted by Gasteiger charge is -2.35. The number of thiocarbonyl (C=S) groups is 1. The van der Waals surface area contributed by atoms with E-state index in [2.05, 4.69) is 17.1 Å². The molecule has 5 heteroatoms. The van der Waals surface area contributed by atoms with Crippen molar-refractivity contribution in [3.05, 3.63) is 0 Å². The lowest BCUT2D eigenvalue weighted by Crippen LogP contribution is -2.52. The zero-order valence-electron chi connectivity index (χ0n) is 11.6. The van der Waals surface area contributed by atoms with Crippen LogP contribution in [-0.4, -0.2) is 53.5 Å². The van der Waals surface area contributed by atoms with E-state index in [9.17, 15) is 4.79 Å². The van der Waals surface area contributed by atoms with Gasteiger partial charge in [0.25, 0.3) is 0 Å². The summed E-state index contributed by atoms with van der Waals surface area (Å²) in [5, 5.41) is 4.15. The average Bonchev–Trinajstić information content (AvgIpc) is 2.38. The van der Waals surface area contributed by atoms with Crippen molar-refractivity contribution in [1.29, 1.82) is 0 Å². The van der Waals surface area contributed by atoms with E-state index in [0.29, 0.717) is 0 Å². The van der Waals surface area contributed by atoms with Gasteiger partial charge in [-0.05, 0) is 18.6 Å². The molecule has 0 aromatic heterocycles. The van der Waals surface area contributed by atoms with E-state index >= 15 is 0 Å². The van der Waals surface area contributed by atoms with Crippen LogP contribution in [0.3, 0.4) is 0 Å². The molecule has 0 unspecified atom stereocenters. The van der Waals surface area contributed by atoms with Crippen LogP contribution in [0.25, 0.3) is 0 Å². The van der Waals surface area contributed by atoms with Crippen LogP contribution < -0.4 is 5.32 Å². The fraction of sp³-hybridized carbons (Fsp3) is 0.846. The minimum Gasteiger partial charge on any atom is -0.363 e. The third-order valence-corrected chi connectivity index (χ3v) is 3.72. The van der Waals surface area contributed by atoms with Crippen LogP contribution in [0.5, 0.6) is 0 Å². The molecule has 0 aromatic rings. The minimum atomic E-state index is 0.160. The maximum absolute atomic E-state index is 11.2. The van der Waals surface area contributed by atoms with Crippen LogP contribution in [0.15, 0.2) is 0 Å². The monoisotopic (exact) mass is 271 g/mol. The fourth-order valence-corrected chi connectivity index (χ4v) is 2.37. The summed E-state index contributed by atoms with van der Waals surface area (Å²) in [5.74, 6) is 0.160. The molecule has 0 aliphatic carbocycles. The van der Waals surface area contributed by atoms with E-state index in [-0.39, 0.29) is 5.91 Å². The van der Waals surface area contributed by atoms with Gasteiger partial charge < -0.3 is 15.1 Å². The SMILES string of the molecule is CCCCCCNC(=S)N1CCN(C(C)=O)CC1. The van der Waals surface area contributed by atoms with E-state index < -0.39 is 0 Å². The molecule has 1 aliphatic rings. The van der Waals surface area contributed by atoms with Crippen LogP contribution in [0.2, 0.25) is 0 Å². The molecule has 1 saturated heterocycles. The molecule has 1 fully saturated rings. The third kappa shape index (κ3) is 5.21. The molecule has 104 valence electrons. The van der Waals surface area contributed by atoms with E-state index in [4.69, 9.17) is 12.2 Å². The van der Waals surface area contributed by atoms with Crippen LogP contribution >= 0.6 is 12.2 Å². The Bertz CT molecular complexity index is 275. The summed E-state index contributed by atoms with van der Waals surface area (Å²) in [4.78, 5) is 15.2. The minimum absolute atomic E-state index is 0.160.